The van der Waals surface area contributed by atoms with Crippen molar-refractivity contribution in [3.05, 3.63) is 67.0 Å². The lowest BCUT2D eigenvalue weighted by Crippen LogP contribution is -2.44. The molecule has 0 aliphatic carbocycles. The van der Waals surface area contributed by atoms with E-state index < -0.39 is 6.04 Å². The highest BCUT2D eigenvalue weighted by Gasteiger charge is 2.39. The number of aromatic nitrogens is 3. The second-order valence-corrected chi connectivity index (χ2v) is 7.56. The average molecular weight is 438 g/mol. The summed E-state index contributed by atoms with van der Waals surface area (Å²) in [5.74, 6) is 0.270. The van der Waals surface area contributed by atoms with Crippen molar-refractivity contribution in [3.63, 3.8) is 0 Å². The van der Waals surface area contributed by atoms with Crippen LogP contribution in [0.4, 0.5) is 10.1 Å². The second-order valence-electron chi connectivity index (χ2n) is 7.56. The third-order valence-electron chi connectivity index (χ3n) is 5.28. The van der Waals surface area contributed by atoms with Gasteiger partial charge in [-0.15, -0.1) is 0 Å². The molecule has 1 aliphatic rings. The summed E-state index contributed by atoms with van der Waals surface area (Å²) >= 11 is 0. The van der Waals surface area contributed by atoms with Gasteiger partial charge in [-0.1, -0.05) is 0 Å². The topological polar surface area (TPSA) is 115 Å². The van der Waals surface area contributed by atoms with Gasteiger partial charge in [0.1, 0.15) is 42.6 Å². The van der Waals surface area contributed by atoms with Gasteiger partial charge in [0.2, 0.25) is 11.8 Å². The molecule has 10 heteroatoms. The van der Waals surface area contributed by atoms with Crippen LogP contribution >= 0.6 is 0 Å². The first-order chi connectivity index (χ1) is 15.5. The molecule has 32 heavy (non-hydrogen) atoms. The first kappa shape index (κ1) is 21.4. The highest BCUT2D eigenvalue weighted by atomic mass is 19.1. The van der Waals surface area contributed by atoms with E-state index >= 15 is 0 Å². The lowest BCUT2D eigenvalue weighted by Gasteiger charge is -2.24. The van der Waals surface area contributed by atoms with Crippen LogP contribution < -0.4 is 15.8 Å². The van der Waals surface area contributed by atoms with E-state index in [0.717, 1.165) is 0 Å². The van der Waals surface area contributed by atoms with E-state index in [2.05, 4.69) is 15.4 Å². The fraction of sp³-hybridized carbons (Fsp3) is 0.273. The molecular weight excluding hydrogens is 415 g/mol. The molecular formula is C22H23FN6O3. The molecule has 2 atom stereocenters. The molecule has 2 aromatic carbocycles. The number of anilines is 1. The minimum absolute atomic E-state index is 0.0104. The Balaban J connectivity index is 1.39. The van der Waals surface area contributed by atoms with Gasteiger partial charge < -0.3 is 20.7 Å². The van der Waals surface area contributed by atoms with Crippen molar-refractivity contribution >= 4 is 17.5 Å². The Kier molecular flexibility index (Phi) is 6.41. The summed E-state index contributed by atoms with van der Waals surface area (Å²) in [5, 5.41) is 6.81. The van der Waals surface area contributed by atoms with Gasteiger partial charge in [-0.05, 0) is 67.4 Å². The number of carbonyl (C=O) groups is 2. The minimum Gasteiger partial charge on any atom is -0.457 e. The molecule has 1 saturated heterocycles. The molecule has 0 bridgehead atoms. The van der Waals surface area contributed by atoms with Gasteiger partial charge in [0.25, 0.3) is 0 Å². The van der Waals surface area contributed by atoms with Crippen LogP contribution in [0.3, 0.4) is 0 Å². The summed E-state index contributed by atoms with van der Waals surface area (Å²) in [7, 11) is 0. The summed E-state index contributed by atoms with van der Waals surface area (Å²) in [6.07, 6.45) is 3.31. The Hall–Kier alpha value is -3.79. The third-order valence-corrected chi connectivity index (χ3v) is 5.28. The number of amides is 2. The number of nitrogens with zero attached hydrogens (tertiary/aromatic N) is 4. The summed E-state index contributed by atoms with van der Waals surface area (Å²) in [6.45, 7) is 0.829. The van der Waals surface area contributed by atoms with Crippen molar-refractivity contribution in [2.24, 2.45) is 11.7 Å². The normalized spacial score (nSPS) is 17.9. The molecule has 0 saturated carbocycles. The Bertz CT molecular complexity index is 1060. The number of carbonyl (C=O) groups excluding carboxylic acids is 2. The Morgan fingerprint density at radius 3 is 2.44 bits per heavy atom. The zero-order valence-electron chi connectivity index (χ0n) is 17.2. The summed E-state index contributed by atoms with van der Waals surface area (Å²) < 4.78 is 20.1. The van der Waals surface area contributed by atoms with Crippen LogP contribution in [0.25, 0.3) is 0 Å². The number of rotatable bonds is 7. The Labute approximate surface area is 184 Å². The van der Waals surface area contributed by atoms with Gasteiger partial charge in [0.05, 0.1) is 0 Å². The van der Waals surface area contributed by atoms with Crippen LogP contribution in [0.5, 0.6) is 11.5 Å². The second kappa shape index (κ2) is 9.56. The summed E-state index contributed by atoms with van der Waals surface area (Å²) in [6, 6.07) is 11.9. The van der Waals surface area contributed by atoms with Crippen LogP contribution in [0.1, 0.15) is 6.42 Å². The summed E-state index contributed by atoms with van der Waals surface area (Å²) in [5.41, 5.74) is 6.37. The molecule has 0 radical (unpaired) electrons. The number of benzene rings is 2. The van der Waals surface area contributed by atoms with Gasteiger partial charge in [-0.25, -0.2) is 14.1 Å². The molecule has 166 valence electrons. The van der Waals surface area contributed by atoms with E-state index in [0.29, 0.717) is 36.7 Å². The van der Waals surface area contributed by atoms with Gasteiger partial charge in [-0.3, -0.25) is 9.59 Å². The molecule has 0 unspecified atom stereocenters. The van der Waals surface area contributed by atoms with Crippen molar-refractivity contribution in [1.82, 2.24) is 19.7 Å². The molecule has 1 aromatic heterocycles. The number of hydrogen-bond acceptors (Lipinski definition) is 6. The maximum Gasteiger partial charge on any atom is 0.247 e. The number of ether oxygens (including phenoxy) is 1. The fourth-order valence-electron chi connectivity index (χ4n) is 3.63. The first-order valence-electron chi connectivity index (χ1n) is 10.2. The SMILES string of the molecule is NC[C@@H]1C[C@@H](C(=O)Nc2ccc(Oc3ccc(F)cc3)cc2)N(C(=O)Cn2cncn2)C1. The molecule has 2 amide bonds. The molecule has 2 heterocycles. The van der Waals surface area contributed by atoms with E-state index in [1.165, 1.54) is 41.6 Å². The quantitative estimate of drug-likeness (QED) is 0.583. The lowest BCUT2D eigenvalue weighted by atomic mass is 10.1. The Morgan fingerprint density at radius 1 is 1.12 bits per heavy atom. The number of likely N-dealkylation sites (tertiary alicyclic amines) is 1. The molecule has 4 rings (SSSR count). The maximum absolute atomic E-state index is 13.0. The highest BCUT2D eigenvalue weighted by Crippen LogP contribution is 2.26. The van der Waals surface area contributed by atoms with Crippen molar-refractivity contribution in [2.75, 3.05) is 18.4 Å². The van der Waals surface area contributed by atoms with Crippen LogP contribution in [0.15, 0.2) is 61.2 Å². The van der Waals surface area contributed by atoms with Crippen molar-refractivity contribution < 1.29 is 18.7 Å². The minimum atomic E-state index is -0.616. The third kappa shape index (κ3) is 5.09. The standard InChI is InChI=1S/C22H23FN6O3/c23-16-1-5-18(6-2-16)32-19-7-3-17(4-8-19)27-22(31)20-9-15(10-24)11-29(20)21(30)12-28-14-25-13-26-28/h1-8,13-15,20H,9-12,24H2,(H,27,31)/t15-,20-/m0/s1. The van der Waals surface area contributed by atoms with Crippen LogP contribution in [0, 0.1) is 11.7 Å². The number of halogens is 1. The highest BCUT2D eigenvalue weighted by molar-refractivity contribution is 5.97. The average Bonchev–Trinajstić information content (AvgIpc) is 3.46. The lowest BCUT2D eigenvalue weighted by molar-refractivity contribution is -0.137. The van der Waals surface area contributed by atoms with Crippen molar-refractivity contribution in [3.8, 4) is 11.5 Å². The zero-order chi connectivity index (χ0) is 22.5. The number of nitrogens with one attached hydrogen (secondary N) is 1. The molecule has 3 N–H and O–H groups in total. The number of nitrogens with two attached hydrogens (primary N) is 1. The van der Waals surface area contributed by atoms with Gasteiger partial charge in [0, 0.05) is 12.2 Å². The molecule has 1 fully saturated rings. The van der Waals surface area contributed by atoms with E-state index in [1.807, 2.05) is 0 Å². The van der Waals surface area contributed by atoms with E-state index in [1.54, 1.807) is 29.2 Å². The van der Waals surface area contributed by atoms with Crippen molar-refractivity contribution in [2.45, 2.75) is 19.0 Å². The molecule has 1 aliphatic heterocycles. The van der Waals surface area contributed by atoms with Crippen molar-refractivity contribution in [1.29, 1.82) is 0 Å². The summed E-state index contributed by atoms with van der Waals surface area (Å²) in [4.78, 5) is 31.1. The zero-order valence-corrected chi connectivity index (χ0v) is 17.2. The molecule has 9 nitrogen and oxygen atoms in total. The fourth-order valence-corrected chi connectivity index (χ4v) is 3.63. The van der Waals surface area contributed by atoms with E-state index in [9.17, 15) is 14.0 Å². The molecule has 0 spiro atoms. The van der Waals surface area contributed by atoms with Gasteiger partial charge in [-0.2, -0.15) is 5.10 Å². The first-order valence-corrected chi connectivity index (χ1v) is 10.2. The van der Waals surface area contributed by atoms with Gasteiger partial charge >= 0.3 is 0 Å². The number of hydrogen-bond donors (Lipinski definition) is 2. The smallest absolute Gasteiger partial charge is 0.247 e. The predicted octanol–water partition coefficient (Wildman–Crippen LogP) is 2.02. The maximum atomic E-state index is 13.0. The van der Waals surface area contributed by atoms with Crippen LogP contribution in [-0.4, -0.2) is 50.6 Å². The van der Waals surface area contributed by atoms with E-state index in [4.69, 9.17) is 10.5 Å². The van der Waals surface area contributed by atoms with Crippen LogP contribution in [-0.2, 0) is 16.1 Å². The monoisotopic (exact) mass is 438 g/mol. The largest absolute Gasteiger partial charge is 0.457 e. The Morgan fingerprint density at radius 2 is 1.81 bits per heavy atom. The van der Waals surface area contributed by atoms with E-state index in [-0.39, 0.29) is 30.1 Å². The predicted molar refractivity (Wildman–Crippen MR) is 114 cm³/mol. The van der Waals surface area contributed by atoms with Crippen LogP contribution in [0.2, 0.25) is 0 Å². The molecule has 3 aromatic rings. The van der Waals surface area contributed by atoms with Gasteiger partial charge in [0.15, 0.2) is 0 Å².